The quantitative estimate of drug-likeness (QED) is 0.836. The molecule has 25 heavy (non-hydrogen) atoms. The molecular weight excluding hydrogens is 336 g/mol. The van der Waals surface area contributed by atoms with Crippen LogP contribution in [-0.4, -0.2) is 29.9 Å². The first-order valence-corrected chi connectivity index (χ1v) is 8.92. The van der Waals surface area contributed by atoms with Crippen molar-refractivity contribution in [1.29, 1.82) is 5.26 Å². The Bertz CT molecular complexity index is 868. The lowest BCUT2D eigenvalue weighted by Crippen LogP contribution is -2.27. The van der Waals surface area contributed by atoms with Gasteiger partial charge in [-0.15, -0.1) is 11.3 Å². The van der Waals surface area contributed by atoms with E-state index >= 15 is 0 Å². The highest BCUT2D eigenvalue weighted by molar-refractivity contribution is 7.12. The zero-order valence-corrected chi connectivity index (χ0v) is 14.9. The molecule has 0 saturated carbocycles. The standard InChI is InChI=1S/C18H18N4O2S/c1-3-15-11(2)25-17(21-15)14(10-19)16(23)12-5-4-6-13(9-12)22-8-7-20-18(22)24/h4-6,9,14H,3,7-8H2,1-2H3,(H,20,24)/t14-/m1/s1. The van der Waals surface area contributed by atoms with Crippen LogP contribution < -0.4 is 10.2 Å². The number of amides is 2. The second-order valence-corrected chi connectivity index (χ2v) is 7.00. The van der Waals surface area contributed by atoms with E-state index in [0.29, 0.717) is 29.3 Å². The minimum absolute atomic E-state index is 0.176. The van der Waals surface area contributed by atoms with Gasteiger partial charge >= 0.3 is 6.03 Å². The van der Waals surface area contributed by atoms with E-state index in [1.54, 1.807) is 29.2 Å². The van der Waals surface area contributed by atoms with Gasteiger partial charge in [0.25, 0.3) is 0 Å². The van der Waals surface area contributed by atoms with Crippen LogP contribution in [0.3, 0.4) is 0 Å². The Labute approximate surface area is 150 Å². The second kappa shape index (κ2) is 7.03. The van der Waals surface area contributed by atoms with Crippen molar-refractivity contribution in [3.8, 4) is 6.07 Å². The topological polar surface area (TPSA) is 86.1 Å². The number of nitriles is 1. The third-order valence-corrected chi connectivity index (χ3v) is 5.26. The van der Waals surface area contributed by atoms with Gasteiger partial charge < -0.3 is 5.32 Å². The second-order valence-electron chi connectivity index (χ2n) is 5.77. The third-order valence-electron chi connectivity index (χ3n) is 4.18. The Morgan fingerprint density at radius 3 is 2.92 bits per heavy atom. The molecular formula is C18H18N4O2S. The predicted octanol–water partition coefficient (Wildman–Crippen LogP) is 3.03. The highest BCUT2D eigenvalue weighted by Gasteiger charge is 2.27. The van der Waals surface area contributed by atoms with Crippen LogP contribution in [0.1, 0.15) is 38.8 Å². The van der Waals surface area contributed by atoms with Crippen LogP contribution >= 0.6 is 11.3 Å². The Morgan fingerprint density at radius 1 is 1.52 bits per heavy atom. The van der Waals surface area contributed by atoms with E-state index in [-0.39, 0.29) is 11.8 Å². The fourth-order valence-corrected chi connectivity index (χ4v) is 3.89. The number of thiazole rings is 1. The number of nitrogens with zero attached hydrogens (tertiary/aromatic N) is 3. The molecule has 1 saturated heterocycles. The van der Waals surface area contributed by atoms with Gasteiger partial charge in [-0.25, -0.2) is 9.78 Å². The fraction of sp³-hybridized carbons (Fsp3) is 0.333. The molecule has 1 aliphatic rings. The number of Topliss-reactive ketones (excluding diaryl/α,β-unsaturated/α-hetero) is 1. The molecule has 1 N–H and O–H groups in total. The lowest BCUT2D eigenvalue weighted by atomic mass is 9.99. The lowest BCUT2D eigenvalue weighted by Gasteiger charge is -2.15. The van der Waals surface area contributed by atoms with Gasteiger partial charge in [-0.05, 0) is 25.5 Å². The van der Waals surface area contributed by atoms with Crippen molar-refractivity contribution in [3.63, 3.8) is 0 Å². The zero-order valence-electron chi connectivity index (χ0n) is 14.1. The van der Waals surface area contributed by atoms with Crippen LogP contribution in [0.4, 0.5) is 10.5 Å². The summed E-state index contributed by atoms with van der Waals surface area (Å²) < 4.78 is 0. The fourth-order valence-electron chi connectivity index (χ4n) is 2.84. The van der Waals surface area contributed by atoms with Crippen molar-refractivity contribution >= 4 is 28.8 Å². The molecule has 7 heteroatoms. The molecule has 0 unspecified atom stereocenters. The third kappa shape index (κ3) is 3.26. The van der Waals surface area contributed by atoms with Crippen LogP contribution in [0.25, 0.3) is 0 Å². The van der Waals surface area contributed by atoms with Crippen molar-refractivity contribution in [2.75, 3.05) is 18.0 Å². The van der Waals surface area contributed by atoms with Gasteiger partial charge in [-0.3, -0.25) is 9.69 Å². The normalized spacial score (nSPS) is 14.9. The van der Waals surface area contributed by atoms with Gasteiger partial charge in [0.05, 0.1) is 11.8 Å². The average molecular weight is 354 g/mol. The van der Waals surface area contributed by atoms with Gasteiger partial charge in [0.2, 0.25) is 0 Å². The molecule has 1 aliphatic heterocycles. The van der Waals surface area contributed by atoms with Gasteiger partial charge in [-0.1, -0.05) is 19.1 Å². The molecule has 2 amide bonds. The molecule has 128 valence electrons. The molecule has 0 radical (unpaired) electrons. The molecule has 1 atom stereocenters. The molecule has 6 nitrogen and oxygen atoms in total. The summed E-state index contributed by atoms with van der Waals surface area (Å²) in [4.78, 5) is 31.7. The number of carbonyl (C=O) groups excluding carboxylic acids is 2. The van der Waals surface area contributed by atoms with Crippen molar-refractivity contribution < 1.29 is 9.59 Å². The summed E-state index contributed by atoms with van der Waals surface area (Å²) in [6.07, 6.45) is 0.772. The zero-order chi connectivity index (χ0) is 18.0. The number of anilines is 1. The van der Waals surface area contributed by atoms with Gasteiger partial charge in [-0.2, -0.15) is 5.26 Å². The number of aromatic nitrogens is 1. The summed E-state index contributed by atoms with van der Waals surface area (Å²) in [5.41, 5.74) is 1.99. The highest BCUT2D eigenvalue weighted by atomic mass is 32.1. The predicted molar refractivity (Wildman–Crippen MR) is 96.1 cm³/mol. The molecule has 0 spiro atoms. The maximum Gasteiger partial charge on any atom is 0.321 e. The van der Waals surface area contributed by atoms with E-state index in [9.17, 15) is 14.9 Å². The number of hydrogen-bond acceptors (Lipinski definition) is 5. The first-order chi connectivity index (χ1) is 12.0. The Balaban J connectivity index is 1.91. The van der Waals surface area contributed by atoms with E-state index in [0.717, 1.165) is 17.0 Å². The smallest absolute Gasteiger partial charge is 0.321 e. The van der Waals surface area contributed by atoms with Crippen molar-refractivity contribution in [2.45, 2.75) is 26.2 Å². The molecule has 3 rings (SSSR count). The summed E-state index contributed by atoms with van der Waals surface area (Å²) in [6, 6.07) is 8.76. The number of hydrogen-bond donors (Lipinski definition) is 1. The largest absolute Gasteiger partial charge is 0.336 e. The van der Waals surface area contributed by atoms with Crippen molar-refractivity contribution in [3.05, 3.63) is 45.4 Å². The first kappa shape index (κ1) is 17.1. The number of nitrogens with one attached hydrogen (secondary N) is 1. The number of carbonyl (C=O) groups is 2. The van der Waals surface area contributed by atoms with Crippen LogP contribution in [0, 0.1) is 18.3 Å². The Kier molecular flexibility index (Phi) is 4.81. The number of ketones is 1. The lowest BCUT2D eigenvalue weighted by molar-refractivity contribution is 0.0978. The van der Waals surface area contributed by atoms with Crippen molar-refractivity contribution in [2.24, 2.45) is 0 Å². The molecule has 1 aromatic heterocycles. The minimum Gasteiger partial charge on any atom is -0.336 e. The molecule has 0 aliphatic carbocycles. The summed E-state index contributed by atoms with van der Waals surface area (Å²) in [5, 5.41) is 12.8. The van der Waals surface area contributed by atoms with Crippen LogP contribution in [0.2, 0.25) is 0 Å². The molecule has 2 heterocycles. The van der Waals surface area contributed by atoms with Crippen LogP contribution in [0.5, 0.6) is 0 Å². The summed E-state index contributed by atoms with van der Waals surface area (Å²) in [7, 11) is 0. The first-order valence-electron chi connectivity index (χ1n) is 8.10. The molecule has 1 fully saturated rings. The van der Waals surface area contributed by atoms with Crippen LogP contribution in [-0.2, 0) is 6.42 Å². The Morgan fingerprint density at radius 2 is 2.32 bits per heavy atom. The van der Waals surface area contributed by atoms with Gasteiger partial charge in [0, 0.05) is 29.2 Å². The molecule has 1 aromatic carbocycles. The summed E-state index contributed by atoms with van der Waals surface area (Å²) in [5.74, 6) is -1.22. The van der Waals surface area contributed by atoms with E-state index in [2.05, 4.69) is 16.4 Å². The number of urea groups is 1. The average Bonchev–Trinajstić information content (AvgIpc) is 3.21. The monoisotopic (exact) mass is 354 g/mol. The summed E-state index contributed by atoms with van der Waals surface area (Å²) in [6.45, 7) is 5.09. The SMILES string of the molecule is CCc1nc([C@H](C#N)C(=O)c2cccc(N3CCNC3=O)c2)sc1C. The van der Waals surface area contributed by atoms with E-state index in [1.807, 2.05) is 13.8 Å². The number of aryl methyl sites for hydroxylation is 2. The number of benzene rings is 1. The van der Waals surface area contributed by atoms with Crippen LogP contribution in [0.15, 0.2) is 24.3 Å². The highest BCUT2D eigenvalue weighted by Crippen LogP contribution is 2.29. The molecule has 2 aromatic rings. The molecule has 0 bridgehead atoms. The Hall–Kier alpha value is -2.72. The van der Waals surface area contributed by atoms with Gasteiger partial charge in [0.15, 0.2) is 11.7 Å². The van der Waals surface area contributed by atoms with Crippen molar-refractivity contribution in [1.82, 2.24) is 10.3 Å². The number of rotatable bonds is 5. The van der Waals surface area contributed by atoms with E-state index in [4.69, 9.17) is 0 Å². The summed E-state index contributed by atoms with van der Waals surface area (Å²) >= 11 is 1.40. The maximum atomic E-state index is 12.9. The minimum atomic E-state index is -0.924. The van der Waals surface area contributed by atoms with E-state index in [1.165, 1.54) is 11.3 Å². The maximum absolute atomic E-state index is 12.9. The van der Waals surface area contributed by atoms with Gasteiger partial charge in [0.1, 0.15) is 5.01 Å². The van der Waals surface area contributed by atoms with E-state index < -0.39 is 5.92 Å².